The lowest BCUT2D eigenvalue weighted by atomic mass is 10.3. The number of pyridine rings is 1. The number of nitro groups is 1. The lowest BCUT2D eigenvalue weighted by Crippen LogP contribution is -2.37. The number of aryl methyl sites for hydroxylation is 1. The molecule has 0 aromatic carbocycles. The van der Waals surface area contributed by atoms with Crippen LogP contribution in [0, 0.1) is 17.0 Å². The van der Waals surface area contributed by atoms with Gasteiger partial charge in [-0.3, -0.25) is 15.0 Å². The van der Waals surface area contributed by atoms with E-state index in [0.717, 1.165) is 45.0 Å². The molecule has 10 heteroatoms. The van der Waals surface area contributed by atoms with Gasteiger partial charge in [0.05, 0.1) is 18.1 Å². The SMILES string of the molecule is Cc1cccc(Nc2ncnc(NCCCN3CCOCC3)c2[N+](=O)[O-])n1. The maximum atomic E-state index is 11.6. The summed E-state index contributed by atoms with van der Waals surface area (Å²) in [6.07, 6.45) is 2.15. The summed E-state index contributed by atoms with van der Waals surface area (Å²) in [7, 11) is 0. The van der Waals surface area contributed by atoms with Gasteiger partial charge in [-0.15, -0.1) is 0 Å². The van der Waals surface area contributed by atoms with Crippen LogP contribution in [0.2, 0.25) is 0 Å². The quantitative estimate of drug-likeness (QED) is 0.406. The second kappa shape index (κ2) is 9.19. The van der Waals surface area contributed by atoms with E-state index in [0.29, 0.717) is 12.4 Å². The first kappa shape index (κ1) is 18.9. The number of rotatable bonds is 8. The van der Waals surface area contributed by atoms with Crippen molar-refractivity contribution < 1.29 is 9.66 Å². The van der Waals surface area contributed by atoms with Crippen LogP contribution in [-0.4, -0.2) is 64.2 Å². The van der Waals surface area contributed by atoms with Crippen molar-refractivity contribution in [2.75, 3.05) is 50.0 Å². The number of ether oxygens (including phenoxy) is 1. The zero-order valence-electron chi connectivity index (χ0n) is 15.2. The molecule has 1 fully saturated rings. The molecule has 0 aliphatic carbocycles. The second-order valence-electron chi connectivity index (χ2n) is 6.20. The van der Waals surface area contributed by atoms with Crippen LogP contribution in [0.3, 0.4) is 0 Å². The highest BCUT2D eigenvalue weighted by Gasteiger charge is 2.23. The van der Waals surface area contributed by atoms with Gasteiger partial charge in [0.25, 0.3) is 0 Å². The molecule has 10 nitrogen and oxygen atoms in total. The van der Waals surface area contributed by atoms with E-state index in [1.165, 1.54) is 6.33 Å². The first-order valence-corrected chi connectivity index (χ1v) is 8.87. The fraction of sp³-hybridized carbons (Fsp3) is 0.471. The van der Waals surface area contributed by atoms with Gasteiger partial charge in [-0.25, -0.2) is 15.0 Å². The zero-order chi connectivity index (χ0) is 19.1. The van der Waals surface area contributed by atoms with Crippen molar-refractivity contribution in [3.8, 4) is 0 Å². The Bertz CT molecular complexity index is 781. The summed E-state index contributed by atoms with van der Waals surface area (Å²) >= 11 is 0. The van der Waals surface area contributed by atoms with Crippen molar-refractivity contribution in [3.63, 3.8) is 0 Å². The molecular weight excluding hydrogens is 350 g/mol. The van der Waals surface area contributed by atoms with Crippen LogP contribution < -0.4 is 10.6 Å². The first-order valence-electron chi connectivity index (χ1n) is 8.87. The largest absolute Gasteiger partial charge is 0.379 e. The molecule has 0 saturated carbocycles. The minimum Gasteiger partial charge on any atom is -0.379 e. The summed E-state index contributed by atoms with van der Waals surface area (Å²) in [6.45, 7) is 6.70. The van der Waals surface area contributed by atoms with Crippen LogP contribution in [-0.2, 0) is 4.74 Å². The van der Waals surface area contributed by atoms with Crippen LogP contribution in [0.15, 0.2) is 24.5 Å². The Morgan fingerprint density at radius 1 is 1.26 bits per heavy atom. The Labute approximate surface area is 157 Å². The molecule has 0 unspecified atom stereocenters. The van der Waals surface area contributed by atoms with E-state index in [1.54, 1.807) is 6.07 Å². The third kappa shape index (κ3) is 5.31. The third-order valence-corrected chi connectivity index (χ3v) is 4.19. The molecule has 0 amide bonds. The number of morpholine rings is 1. The molecular formula is C17H23N7O3. The highest BCUT2D eigenvalue weighted by molar-refractivity contribution is 5.72. The van der Waals surface area contributed by atoms with Crippen molar-refractivity contribution in [1.29, 1.82) is 0 Å². The van der Waals surface area contributed by atoms with Gasteiger partial charge in [-0.05, 0) is 32.0 Å². The van der Waals surface area contributed by atoms with Gasteiger partial charge in [0.15, 0.2) is 0 Å². The van der Waals surface area contributed by atoms with Gasteiger partial charge in [-0.2, -0.15) is 0 Å². The van der Waals surface area contributed by atoms with Crippen molar-refractivity contribution in [1.82, 2.24) is 19.9 Å². The van der Waals surface area contributed by atoms with E-state index < -0.39 is 4.92 Å². The minimum atomic E-state index is -0.484. The van der Waals surface area contributed by atoms with Crippen molar-refractivity contribution >= 4 is 23.1 Å². The van der Waals surface area contributed by atoms with Crippen LogP contribution in [0.1, 0.15) is 12.1 Å². The lowest BCUT2D eigenvalue weighted by molar-refractivity contribution is -0.383. The Balaban J connectivity index is 1.65. The van der Waals surface area contributed by atoms with Crippen molar-refractivity contribution in [3.05, 3.63) is 40.3 Å². The molecule has 1 aliphatic rings. The molecule has 0 bridgehead atoms. The highest BCUT2D eigenvalue weighted by atomic mass is 16.6. The van der Waals surface area contributed by atoms with Gasteiger partial charge >= 0.3 is 5.69 Å². The molecule has 27 heavy (non-hydrogen) atoms. The average Bonchev–Trinajstić information content (AvgIpc) is 2.66. The number of anilines is 3. The normalized spacial score (nSPS) is 14.7. The second-order valence-corrected chi connectivity index (χ2v) is 6.20. The van der Waals surface area contributed by atoms with E-state index in [4.69, 9.17) is 4.74 Å². The summed E-state index contributed by atoms with van der Waals surface area (Å²) in [6, 6.07) is 5.40. The van der Waals surface area contributed by atoms with Gasteiger partial charge in [0.1, 0.15) is 12.1 Å². The third-order valence-electron chi connectivity index (χ3n) is 4.19. The maximum absolute atomic E-state index is 11.6. The summed E-state index contributed by atoms with van der Waals surface area (Å²) in [4.78, 5) is 25.8. The van der Waals surface area contributed by atoms with E-state index >= 15 is 0 Å². The standard InChI is InChI=1S/C17H23N7O3/c1-13-4-2-5-14(21-13)22-17-15(24(25)26)16(19-12-20-17)18-6-3-7-23-8-10-27-11-9-23/h2,4-5,12H,3,6-11H2,1H3,(H2,18,19,20,21,22). The summed E-state index contributed by atoms with van der Waals surface area (Å²) < 4.78 is 5.33. The molecule has 2 N–H and O–H groups in total. The van der Waals surface area contributed by atoms with E-state index in [1.807, 2.05) is 19.1 Å². The molecule has 3 heterocycles. The Morgan fingerprint density at radius 2 is 2.04 bits per heavy atom. The molecule has 1 aliphatic heterocycles. The zero-order valence-corrected chi connectivity index (χ0v) is 15.2. The number of nitrogens with zero attached hydrogens (tertiary/aromatic N) is 5. The lowest BCUT2D eigenvalue weighted by Gasteiger charge is -2.26. The van der Waals surface area contributed by atoms with E-state index in [2.05, 4.69) is 30.5 Å². The molecule has 0 spiro atoms. The molecule has 144 valence electrons. The molecule has 1 saturated heterocycles. The number of nitrogens with one attached hydrogen (secondary N) is 2. The highest BCUT2D eigenvalue weighted by Crippen LogP contribution is 2.30. The Kier molecular flexibility index (Phi) is 6.44. The Hall–Kier alpha value is -2.85. The van der Waals surface area contributed by atoms with Crippen LogP contribution in [0.4, 0.5) is 23.1 Å². The smallest absolute Gasteiger partial charge is 0.353 e. The van der Waals surface area contributed by atoms with Crippen LogP contribution in [0.5, 0.6) is 0 Å². The Morgan fingerprint density at radius 3 is 2.78 bits per heavy atom. The van der Waals surface area contributed by atoms with Crippen molar-refractivity contribution in [2.24, 2.45) is 0 Å². The average molecular weight is 373 g/mol. The summed E-state index contributed by atoms with van der Waals surface area (Å²) in [5.41, 5.74) is 0.616. The molecule has 2 aromatic rings. The van der Waals surface area contributed by atoms with Gasteiger partial charge in [-0.1, -0.05) is 6.07 Å². The monoisotopic (exact) mass is 373 g/mol. The molecule has 0 atom stereocenters. The predicted octanol–water partition coefficient (Wildman–Crippen LogP) is 1.97. The summed E-state index contributed by atoms with van der Waals surface area (Å²) in [5, 5.41) is 17.6. The van der Waals surface area contributed by atoms with Gasteiger partial charge in [0.2, 0.25) is 11.6 Å². The fourth-order valence-corrected chi connectivity index (χ4v) is 2.84. The number of hydrogen-bond acceptors (Lipinski definition) is 9. The van der Waals surface area contributed by atoms with Gasteiger partial charge < -0.3 is 15.4 Å². The molecule has 3 rings (SSSR count). The summed E-state index contributed by atoms with van der Waals surface area (Å²) in [5.74, 6) is 0.811. The number of hydrogen-bond donors (Lipinski definition) is 2. The van der Waals surface area contributed by atoms with Crippen LogP contribution >= 0.6 is 0 Å². The molecule has 2 aromatic heterocycles. The number of aromatic nitrogens is 3. The maximum Gasteiger partial charge on any atom is 0.353 e. The fourth-order valence-electron chi connectivity index (χ4n) is 2.84. The van der Waals surface area contributed by atoms with Crippen molar-refractivity contribution in [2.45, 2.75) is 13.3 Å². The van der Waals surface area contributed by atoms with E-state index in [9.17, 15) is 10.1 Å². The topological polar surface area (TPSA) is 118 Å². The minimum absolute atomic E-state index is 0.115. The van der Waals surface area contributed by atoms with E-state index in [-0.39, 0.29) is 17.3 Å². The predicted molar refractivity (Wildman–Crippen MR) is 101 cm³/mol. The van der Waals surface area contributed by atoms with Gasteiger partial charge in [0, 0.05) is 25.3 Å². The first-order chi connectivity index (χ1) is 13.1. The van der Waals surface area contributed by atoms with Crippen LogP contribution in [0.25, 0.3) is 0 Å². The molecule has 0 radical (unpaired) electrons.